The molecule has 0 radical (unpaired) electrons. The molecule has 0 aliphatic carbocycles. The highest BCUT2D eigenvalue weighted by molar-refractivity contribution is 6.46. The Labute approximate surface area is 199 Å². The van der Waals surface area contributed by atoms with E-state index in [0.717, 1.165) is 11.4 Å². The fraction of sp³-hybridized carbons (Fsp3) is 0.185. The maximum atomic E-state index is 13.8. The first-order chi connectivity index (χ1) is 16.4. The number of benzene rings is 3. The van der Waals surface area contributed by atoms with E-state index < -0.39 is 11.8 Å². The lowest BCUT2D eigenvalue weighted by Crippen LogP contribution is -2.34. The Morgan fingerprint density at radius 2 is 1.35 bits per heavy atom. The molecule has 0 fully saturated rings. The summed E-state index contributed by atoms with van der Waals surface area (Å²) >= 11 is 0. The van der Waals surface area contributed by atoms with Crippen LogP contribution in [0.15, 0.2) is 78.5 Å². The molecule has 0 atom stereocenters. The fourth-order valence-electron chi connectivity index (χ4n) is 4.00. The van der Waals surface area contributed by atoms with Crippen molar-refractivity contribution >= 4 is 34.4 Å². The van der Waals surface area contributed by atoms with Crippen LogP contribution in [0, 0.1) is 0 Å². The summed E-state index contributed by atoms with van der Waals surface area (Å²) in [6.45, 7) is 0. The average Bonchev–Trinajstić information content (AvgIpc) is 3.13. The van der Waals surface area contributed by atoms with Crippen molar-refractivity contribution in [1.29, 1.82) is 0 Å². The van der Waals surface area contributed by atoms with E-state index in [-0.39, 0.29) is 0 Å². The van der Waals surface area contributed by atoms with E-state index in [0.29, 0.717) is 34.0 Å². The number of carbonyl (C=O) groups excluding carboxylic acids is 2. The number of likely N-dealkylation sites (N-methyl/N-ethyl adjacent to an activating group) is 1. The van der Waals surface area contributed by atoms with Crippen LogP contribution in [-0.4, -0.2) is 47.2 Å². The molecule has 2 amide bonds. The van der Waals surface area contributed by atoms with Gasteiger partial charge < -0.3 is 19.3 Å². The van der Waals surface area contributed by atoms with Crippen molar-refractivity contribution in [1.82, 2.24) is 0 Å². The van der Waals surface area contributed by atoms with E-state index in [1.165, 1.54) is 12.0 Å². The molecule has 0 unspecified atom stereocenters. The van der Waals surface area contributed by atoms with Crippen molar-refractivity contribution in [3.05, 3.63) is 84.1 Å². The minimum Gasteiger partial charge on any atom is -0.493 e. The molecule has 1 aliphatic rings. The normalized spacial score (nSPS) is 13.4. The van der Waals surface area contributed by atoms with Crippen LogP contribution in [0.2, 0.25) is 0 Å². The lowest BCUT2D eigenvalue weighted by molar-refractivity contribution is -0.120. The van der Waals surface area contributed by atoms with Crippen LogP contribution in [0.1, 0.15) is 5.56 Å². The van der Waals surface area contributed by atoms with Gasteiger partial charge in [0.15, 0.2) is 11.5 Å². The Morgan fingerprint density at radius 1 is 0.706 bits per heavy atom. The third kappa shape index (κ3) is 3.96. The number of carbonyl (C=O) groups is 2. The van der Waals surface area contributed by atoms with E-state index in [1.807, 2.05) is 61.5 Å². The van der Waals surface area contributed by atoms with Gasteiger partial charge in [-0.25, -0.2) is 4.90 Å². The van der Waals surface area contributed by atoms with Crippen molar-refractivity contribution < 1.29 is 19.1 Å². The largest absolute Gasteiger partial charge is 0.493 e. The van der Waals surface area contributed by atoms with Crippen LogP contribution >= 0.6 is 0 Å². The molecule has 174 valence electrons. The van der Waals surface area contributed by atoms with Crippen LogP contribution in [0.4, 0.5) is 17.1 Å². The number of ether oxygens (including phenoxy) is 2. The number of nitrogens with zero attached hydrogens (tertiary/aromatic N) is 3. The van der Waals surface area contributed by atoms with Gasteiger partial charge in [0, 0.05) is 32.5 Å². The van der Waals surface area contributed by atoms with Crippen molar-refractivity contribution in [3.8, 4) is 11.5 Å². The molecule has 3 aromatic rings. The summed E-state index contributed by atoms with van der Waals surface area (Å²) in [5.41, 5.74) is 3.43. The quantitative estimate of drug-likeness (QED) is 0.496. The topological polar surface area (TPSA) is 62.3 Å². The third-order valence-corrected chi connectivity index (χ3v) is 5.83. The van der Waals surface area contributed by atoms with Crippen LogP contribution in [0.25, 0.3) is 5.57 Å². The molecule has 0 spiro atoms. The van der Waals surface area contributed by atoms with E-state index >= 15 is 0 Å². The van der Waals surface area contributed by atoms with Gasteiger partial charge in [-0.2, -0.15) is 0 Å². The third-order valence-electron chi connectivity index (χ3n) is 5.83. The lowest BCUT2D eigenvalue weighted by atomic mass is 10.0. The molecule has 0 N–H and O–H groups in total. The Bertz CT molecular complexity index is 1250. The van der Waals surface area contributed by atoms with Crippen molar-refractivity contribution in [2.45, 2.75) is 0 Å². The number of anilines is 3. The highest BCUT2D eigenvalue weighted by Crippen LogP contribution is 2.39. The van der Waals surface area contributed by atoms with Crippen molar-refractivity contribution in [2.24, 2.45) is 0 Å². The van der Waals surface area contributed by atoms with Crippen molar-refractivity contribution in [3.63, 3.8) is 0 Å². The maximum Gasteiger partial charge on any atom is 0.282 e. The summed E-state index contributed by atoms with van der Waals surface area (Å²) in [7, 11) is 8.74. The summed E-state index contributed by atoms with van der Waals surface area (Å²) in [6.07, 6.45) is 0. The van der Waals surface area contributed by atoms with Gasteiger partial charge in [0.1, 0.15) is 5.70 Å². The van der Waals surface area contributed by atoms with Gasteiger partial charge >= 0.3 is 0 Å². The standard InChI is InChI=1S/C27H27N3O4/c1-28(2)19-12-14-21(15-13-19)30-26(31)24(18-11-16-22(33-4)23(17-18)34-5)25(27(30)32)29(3)20-9-7-6-8-10-20/h6-17H,1-5H3. The Hall–Kier alpha value is -4.26. The first-order valence-corrected chi connectivity index (χ1v) is 10.8. The number of rotatable bonds is 7. The van der Waals surface area contributed by atoms with Crippen LogP contribution in [0.5, 0.6) is 11.5 Å². The molecule has 0 bridgehead atoms. The van der Waals surface area contributed by atoms with Gasteiger partial charge in [0.05, 0.1) is 25.5 Å². The lowest BCUT2D eigenvalue weighted by Gasteiger charge is -2.22. The molecule has 0 saturated heterocycles. The minimum absolute atomic E-state index is 0.292. The molecule has 7 heteroatoms. The highest BCUT2D eigenvalue weighted by Gasteiger charge is 2.42. The first-order valence-electron chi connectivity index (χ1n) is 10.8. The summed E-state index contributed by atoms with van der Waals surface area (Å²) in [5.74, 6) is 0.229. The number of methoxy groups -OCH3 is 2. The molecular weight excluding hydrogens is 430 g/mol. The van der Waals surface area contributed by atoms with Gasteiger partial charge in [-0.05, 0) is 54.1 Å². The minimum atomic E-state index is -0.396. The number of imide groups is 1. The zero-order valence-corrected chi connectivity index (χ0v) is 19.9. The molecule has 4 rings (SSSR count). The van der Waals surface area contributed by atoms with E-state index in [1.54, 1.807) is 49.4 Å². The predicted octanol–water partition coefficient (Wildman–Crippen LogP) is 4.19. The second kappa shape index (κ2) is 9.31. The van der Waals surface area contributed by atoms with E-state index in [4.69, 9.17) is 9.47 Å². The Kier molecular flexibility index (Phi) is 6.27. The predicted molar refractivity (Wildman–Crippen MR) is 135 cm³/mol. The SMILES string of the molecule is COc1ccc(C2=C(N(C)c3ccccc3)C(=O)N(c3ccc(N(C)C)cc3)C2=O)cc1OC. The molecule has 7 nitrogen and oxygen atoms in total. The molecule has 1 heterocycles. The van der Waals surface area contributed by atoms with Crippen LogP contribution < -0.4 is 24.2 Å². The second-order valence-corrected chi connectivity index (χ2v) is 8.04. The molecular formula is C27H27N3O4. The van der Waals surface area contributed by atoms with Gasteiger partial charge in [-0.15, -0.1) is 0 Å². The summed E-state index contributed by atoms with van der Waals surface area (Å²) in [5, 5.41) is 0. The zero-order chi connectivity index (χ0) is 24.4. The van der Waals surface area contributed by atoms with Gasteiger partial charge in [0.25, 0.3) is 11.8 Å². The second-order valence-electron chi connectivity index (χ2n) is 8.04. The van der Waals surface area contributed by atoms with Crippen LogP contribution in [-0.2, 0) is 9.59 Å². The molecule has 3 aromatic carbocycles. The Morgan fingerprint density at radius 3 is 1.94 bits per heavy atom. The fourth-order valence-corrected chi connectivity index (χ4v) is 4.00. The molecule has 0 aromatic heterocycles. The van der Waals surface area contributed by atoms with Crippen LogP contribution in [0.3, 0.4) is 0 Å². The highest BCUT2D eigenvalue weighted by atomic mass is 16.5. The van der Waals surface area contributed by atoms with E-state index in [9.17, 15) is 9.59 Å². The summed E-state index contributed by atoms with van der Waals surface area (Å²) in [6, 6.07) is 22.0. The molecule has 0 saturated carbocycles. The Balaban J connectivity index is 1.86. The summed E-state index contributed by atoms with van der Waals surface area (Å²) in [4.78, 5) is 32.5. The van der Waals surface area contributed by atoms with Crippen molar-refractivity contribution in [2.75, 3.05) is 50.1 Å². The summed E-state index contributed by atoms with van der Waals surface area (Å²) < 4.78 is 10.8. The van der Waals surface area contributed by atoms with Gasteiger partial charge in [-0.3, -0.25) is 9.59 Å². The van der Waals surface area contributed by atoms with Gasteiger partial charge in [0.2, 0.25) is 0 Å². The smallest absolute Gasteiger partial charge is 0.282 e. The first kappa shape index (κ1) is 22.9. The molecule has 1 aliphatic heterocycles. The number of hydrogen-bond donors (Lipinski definition) is 0. The maximum absolute atomic E-state index is 13.8. The number of para-hydroxylation sites is 1. The monoisotopic (exact) mass is 457 g/mol. The van der Waals surface area contributed by atoms with Gasteiger partial charge in [-0.1, -0.05) is 24.3 Å². The zero-order valence-electron chi connectivity index (χ0n) is 19.9. The number of amides is 2. The van der Waals surface area contributed by atoms with E-state index in [2.05, 4.69) is 0 Å². The average molecular weight is 458 g/mol. The molecule has 34 heavy (non-hydrogen) atoms. The number of hydrogen-bond acceptors (Lipinski definition) is 6.